The fourth-order valence-electron chi connectivity index (χ4n) is 7.65. The van der Waals surface area contributed by atoms with E-state index in [4.69, 9.17) is 32.7 Å². The maximum atomic E-state index is 14.8. The summed E-state index contributed by atoms with van der Waals surface area (Å²) in [4.78, 5) is 24.8. The van der Waals surface area contributed by atoms with Gasteiger partial charge >= 0.3 is 6.36 Å². The van der Waals surface area contributed by atoms with Crippen LogP contribution in [-0.2, 0) is 28.9 Å². The van der Waals surface area contributed by atoms with E-state index in [9.17, 15) is 23.2 Å². The predicted molar refractivity (Wildman–Crippen MR) is 235 cm³/mol. The minimum absolute atomic E-state index is 0.00275. The highest BCUT2D eigenvalue weighted by Crippen LogP contribution is 2.52. The van der Waals surface area contributed by atoms with Crippen molar-refractivity contribution in [3.8, 4) is 17.6 Å². The van der Waals surface area contributed by atoms with Crippen LogP contribution in [0.2, 0.25) is 0 Å². The summed E-state index contributed by atoms with van der Waals surface area (Å²) in [7, 11) is 0.949. The molecule has 0 radical (unpaired) electrons. The van der Waals surface area contributed by atoms with Gasteiger partial charge in [0, 0.05) is 18.6 Å². The Kier molecular flexibility index (Phi) is 16.0. The Balaban J connectivity index is 1.54. The number of hydrogen-bond donors (Lipinski definition) is 2. The van der Waals surface area contributed by atoms with Crippen molar-refractivity contribution in [3.63, 3.8) is 0 Å². The molecule has 15 nitrogen and oxygen atoms in total. The van der Waals surface area contributed by atoms with Crippen molar-refractivity contribution in [1.29, 1.82) is 5.26 Å². The second-order valence-corrected chi connectivity index (χ2v) is 17.4. The number of ether oxygens (including phenoxy) is 5. The van der Waals surface area contributed by atoms with E-state index in [0.717, 1.165) is 0 Å². The average molecular weight is 910 g/mol. The van der Waals surface area contributed by atoms with Crippen molar-refractivity contribution in [3.05, 3.63) is 112 Å². The molecule has 2 aromatic heterocycles. The molecule has 0 aliphatic carbocycles. The Morgan fingerprint density at radius 2 is 1.50 bits per heavy atom. The van der Waals surface area contributed by atoms with Gasteiger partial charge in [0.15, 0.2) is 17.4 Å². The highest BCUT2D eigenvalue weighted by Gasteiger charge is 2.55. The normalized spacial score (nSPS) is 18.6. The van der Waals surface area contributed by atoms with Crippen molar-refractivity contribution in [2.75, 3.05) is 39.3 Å². The van der Waals surface area contributed by atoms with E-state index >= 15 is 0 Å². The summed E-state index contributed by atoms with van der Waals surface area (Å²) in [6, 6.07) is 25.6. The van der Waals surface area contributed by atoms with Crippen LogP contribution in [0.5, 0.6) is 11.5 Å². The van der Waals surface area contributed by atoms with Gasteiger partial charge in [-0.05, 0) is 74.6 Å². The van der Waals surface area contributed by atoms with Gasteiger partial charge in [-0.2, -0.15) is 10.2 Å². The van der Waals surface area contributed by atoms with Gasteiger partial charge in [-0.3, -0.25) is 19.1 Å². The second kappa shape index (κ2) is 21.2. The van der Waals surface area contributed by atoms with Gasteiger partial charge < -0.3 is 33.3 Å². The monoisotopic (exact) mass is 909 g/mol. The number of benzene rings is 3. The van der Waals surface area contributed by atoms with Crippen LogP contribution in [-0.4, -0.2) is 94.9 Å². The molecule has 3 aromatic carbocycles. The third-order valence-corrected chi connectivity index (χ3v) is 12.6. The van der Waals surface area contributed by atoms with Crippen molar-refractivity contribution in [1.82, 2.24) is 24.2 Å². The first-order valence-corrected chi connectivity index (χ1v) is 22.1. The molecular formula is C45H55F3N7O8P. The molecule has 0 amide bonds. The standard InChI is InChI=1S/C45H55F3N7O8P/c1-28(2)25-50-43-52-40-37(41(56)53-43)51-27-54(40)42-39(62-45(46,47)48)38(63-64(60-24-12-23-49)55(29(3)4)30(5)6)36(61-42)26-59-44(31-13-10-9-11-14-31,32-15-19-34(57-7)20-16-32)33-17-21-35(58-8)22-18-33/h9-11,13-22,27-30,36,38-39,42H,12,24-26H2,1-8H3,(H2,50,52,53,56)/t36-,38+,39?,42-,64?/m1/s1. The van der Waals surface area contributed by atoms with Gasteiger partial charge in [-0.15, -0.1) is 13.2 Å². The molecule has 2 N–H and O–H groups in total. The first-order valence-electron chi connectivity index (χ1n) is 20.9. The maximum Gasteiger partial charge on any atom is 0.523 e. The molecule has 344 valence electrons. The summed E-state index contributed by atoms with van der Waals surface area (Å²) < 4.78 is 90.6. The van der Waals surface area contributed by atoms with Crippen molar-refractivity contribution < 1.29 is 45.9 Å². The molecule has 1 aliphatic heterocycles. The zero-order valence-electron chi connectivity index (χ0n) is 37.0. The molecule has 1 aliphatic rings. The van der Waals surface area contributed by atoms with E-state index in [0.29, 0.717) is 34.7 Å². The van der Waals surface area contributed by atoms with Crippen LogP contribution in [0.15, 0.2) is 90.0 Å². The number of methoxy groups -OCH3 is 2. The second-order valence-electron chi connectivity index (χ2n) is 16.0. The fraction of sp³-hybridized carbons (Fsp3) is 0.467. The zero-order chi connectivity index (χ0) is 46.2. The van der Waals surface area contributed by atoms with E-state index in [1.165, 1.54) is 10.9 Å². The SMILES string of the molecule is COc1ccc(C(OC[C@H]2O[C@@H](n3cnc4c(=O)[nH]c(NCC(C)C)nc43)C(OC(F)(F)F)[C@H]2OP(OCCC#N)N(C(C)C)C(C)C)(c2ccccc2)c2ccc(OC)cc2)cc1. The Labute approximate surface area is 371 Å². The molecule has 5 atom stereocenters. The van der Waals surface area contributed by atoms with Gasteiger partial charge in [0.2, 0.25) is 5.95 Å². The molecule has 64 heavy (non-hydrogen) atoms. The Bertz CT molecular complexity index is 2300. The molecule has 0 bridgehead atoms. The molecule has 1 fully saturated rings. The molecule has 2 unspecified atom stereocenters. The van der Waals surface area contributed by atoms with Crippen molar-refractivity contribution >= 4 is 25.6 Å². The Morgan fingerprint density at radius 3 is 2.03 bits per heavy atom. The lowest BCUT2D eigenvalue weighted by Crippen LogP contribution is -2.44. The lowest BCUT2D eigenvalue weighted by Gasteiger charge is -2.39. The molecule has 5 aromatic rings. The third-order valence-electron chi connectivity index (χ3n) is 10.5. The molecule has 19 heteroatoms. The Morgan fingerprint density at radius 1 is 0.906 bits per heavy atom. The summed E-state index contributed by atoms with van der Waals surface area (Å²) in [6.07, 6.45) is -10.4. The summed E-state index contributed by atoms with van der Waals surface area (Å²) >= 11 is 0. The highest BCUT2D eigenvalue weighted by molar-refractivity contribution is 7.44. The van der Waals surface area contributed by atoms with E-state index in [1.54, 1.807) is 38.5 Å². The Hall–Kier alpha value is -5.12. The molecular weight excluding hydrogens is 855 g/mol. The first-order chi connectivity index (χ1) is 30.6. The minimum atomic E-state index is -5.20. The quantitative estimate of drug-likeness (QED) is 0.0408. The smallest absolute Gasteiger partial charge is 0.497 e. The number of fused-ring (bicyclic) bond motifs is 1. The van der Waals surface area contributed by atoms with Crippen LogP contribution < -0.4 is 20.3 Å². The van der Waals surface area contributed by atoms with Crippen LogP contribution in [0.3, 0.4) is 0 Å². The summed E-state index contributed by atoms with van der Waals surface area (Å²) in [5, 5.41) is 12.5. The van der Waals surface area contributed by atoms with Gasteiger partial charge in [0.1, 0.15) is 35.4 Å². The van der Waals surface area contributed by atoms with Gasteiger partial charge in [-0.25, -0.2) is 9.65 Å². The van der Waals surface area contributed by atoms with E-state index in [1.807, 2.05) is 101 Å². The number of aromatic nitrogens is 4. The lowest BCUT2D eigenvalue weighted by atomic mass is 9.80. The number of rotatable bonds is 21. The summed E-state index contributed by atoms with van der Waals surface area (Å²) in [6.45, 7) is 11.6. The average Bonchev–Trinajstić information content (AvgIpc) is 3.83. The number of aromatic amines is 1. The molecule has 1 saturated heterocycles. The van der Waals surface area contributed by atoms with Crippen LogP contribution in [0.25, 0.3) is 11.2 Å². The van der Waals surface area contributed by atoms with E-state index in [-0.39, 0.29) is 54.7 Å². The number of alkyl halides is 3. The number of imidazole rings is 1. The van der Waals surface area contributed by atoms with Gasteiger partial charge in [0.05, 0.1) is 46.3 Å². The predicted octanol–water partition coefficient (Wildman–Crippen LogP) is 8.68. The molecule has 3 heterocycles. The first kappa shape index (κ1) is 48.3. The summed E-state index contributed by atoms with van der Waals surface area (Å²) in [5.41, 5.74) is -0.175. The van der Waals surface area contributed by atoms with Gasteiger partial charge in [-0.1, -0.05) is 68.4 Å². The van der Waals surface area contributed by atoms with E-state index < -0.39 is 50.6 Å². The number of nitrogens with one attached hydrogen (secondary N) is 2. The van der Waals surface area contributed by atoms with Gasteiger partial charge in [0.25, 0.3) is 14.1 Å². The number of nitrogens with zero attached hydrogens (tertiary/aromatic N) is 5. The maximum absolute atomic E-state index is 14.8. The highest BCUT2D eigenvalue weighted by atomic mass is 31.2. The van der Waals surface area contributed by atoms with Crippen molar-refractivity contribution in [2.24, 2.45) is 5.92 Å². The van der Waals surface area contributed by atoms with Crippen molar-refractivity contribution in [2.45, 2.75) is 96.6 Å². The van der Waals surface area contributed by atoms with Crippen LogP contribution in [0.4, 0.5) is 19.1 Å². The lowest BCUT2D eigenvalue weighted by molar-refractivity contribution is -0.355. The molecule has 6 rings (SSSR count). The number of nitriles is 1. The topological polar surface area (TPSA) is 167 Å². The van der Waals surface area contributed by atoms with Crippen LogP contribution >= 0.6 is 8.53 Å². The minimum Gasteiger partial charge on any atom is -0.497 e. The number of hydrogen-bond acceptors (Lipinski definition) is 13. The fourth-order valence-corrected chi connectivity index (χ4v) is 9.42. The van der Waals surface area contributed by atoms with Crippen LogP contribution in [0.1, 0.15) is 70.9 Å². The number of anilines is 1. The zero-order valence-corrected chi connectivity index (χ0v) is 37.9. The molecule has 0 spiro atoms. The number of halogens is 3. The van der Waals surface area contributed by atoms with Crippen LogP contribution in [0, 0.1) is 17.2 Å². The largest absolute Gasteiger partial charge is 0.523 e. The third kappa shape index (κ3) is 11.0. The summed E-state index contributed by atoms with van der Waals surface area (Å²) in [5.74, 6) is 1.45. The number of H-pyrrole nitrogens is 1. The molecule has 0 saturated carbocycles. The van der Waals surface area contributed by atoms with E-state index in [2.05, 4.69) is 26.3 Å².